The molecule has 0 aliphatic rings. The van der Waals surface area contributed by atoms with Gasteiger partial charge in [-0.25, -0.2) is 4.79 Å². The summed E-state index contributed by atoms with van der Waals surface area (Å²) in [6, 6.07) is 10.2. The molecule has 6 nitrogen and oxygen atoms in total. The molecule has 0 fully saturated rings. The molecule has 0 radical (unpaired) electrons. The van der Waals surface area contributed by atoms with Gasteiger partial charge in [-0.3, -0.25) is 0 Å². The van der Waals surface area contributed by atoms with E-state index >= 15 is 0 Å². The Hall–Kier alpha value is -3.15. The molecule has 132 valence electrons. The first-order chi connectivity index (χ1) is 12.0. The van der Waals surface area contributed by atoms with Gasteiger partial charge in [0, 0.05) is 0 Å². The molecule has 0 saturated carbocycles. The molecule has 2 aromatic carbocycles. The summed E-state index contributed by atoms with van der Waals surface area (Å²) in [6.45, 7) is 0. The van der Waals surface area contributed by atoms with Crippen LogP contribution >= 0.6 is 0 Å². The highest BCUT2D eigenvalue weighted by atomic mass is 16.5. The molecule has 0 spiro atoms. The maximum Gasteiger partial charge on any atom is 0.336 e. The van der Waals surface area contributed by atoms with Crippen LogP contribution in [0.15, 0.2) is 36.4 Å². The highest BCUT2D eigenvalue weighted by Crippen LogP contribution is 2.39. The first kappa shape index (κ1) is 18.2. The Bertz CT molecular complexity index is 752. The standard InChI is InChI=1S/C19H20O6/c1-22-14-7-5-13(6-8-14)15(19(20)21)9-12-10-16(23-2)18(25-4)17(11-12)24-3/h5-11H,1-4H3,(H,20,21)/b15-9-. The summed E-state index contributed by atoms with van der Waals surface area (Å²) in [4.78, 5) is 11.7. The number of hydrogen-bond acceptors (Lipinski definition) is 5. The van der Waals surface area contributed by atoms with Crippen LogP contribution in [0.3, 0.4) is 0 Å². The van der Waals surface area contributed by atoms with Crippen molar-refractivity contribution in [3.8, 4) is 23.0 Å². The molecule has 6 heteroatoms. The third-order valence-corrected chi connectivity index (χ3v) is 3.63. The van der Waals surface area contributed by atoms with Crippen molar-refractivity contribution in [2.24, 2.45) is 0 Å². The smallest absolute Gasteiger partial charge is 0.336 e. The number of carbonyl (C=O) groups is 1. The average molecular weight is 344 g/mol. The fourth-order valence-electron chi connectivity index (χ4n) is 2.39. The molecule has 0 amide bonds. The average Bonchev–Trinajstić information content (AvgIpc) is 2.64. The molecular weight excluding hydrogens is 324 g/mol. The third kappa shape index (κ3) is 4.03. The van der Waals surface area contributed by atoms with Gasteiger partial charge in [-0.2, -0.15) is 0 Å². The maximum absolute atomic E-state index is 11.7. The molecule has 25 heavy (non-hydrogen) atoms. The van der Waals surface area contributed by atoms with E-state index in [0.29, 0.717) is 34.1 Å². The van der Waals surface area contributed by atoms with Crippen molar-refractivity contribution in [1.82, 2.24) is 0 Å². The molecule has 0 aliphatic carbocycles. The van der Waals surface area contributed by atoms with Gasteiger partial charge < -0.3 is 24.1 Å². The van der Waals surface area contributed by atoms with Crippen LogP contribution in [-0.2, 0) is 4.79 Å². The van der Waals surface area contributed by atoms with Gasteiger partial charge in [0.25, 0.3) is 0 Å². The van der Waals surface area contributed by atoms with E-state index in [-0.39, 0.29) is 5.57 Å². The van der Waals surface area contributed by atoms with E-state index in [2.05, 4.69) is 0 Å². The van der Waals surface area contributed by atoms with E-state index in [1.54, 1.807) is 49.6 Å². The lowest BCUT2D eigenvalue weighted by Gasteiger charge is -2.13. The topological polar surface area (TPSA) is 74.2 Å². The van der Waals surface area contributed by atoms with Crippen LogP contribution in [0.2, 0.25) is 0 Å². The highest BCUT2D eigenvalue weighted by molar-refractivity contribution is 6.20. The molecule has 2 aromatic rings. The second-order valence-electron chi connectivity index (χ2n) is 5.05. The number of hydrogen-bond donors (Lipinski definition) is 1. The molecule has 2 rings (SSSR count). The molecule has 0 aliphatic heterocycles. The van der Waals surface area contributed by atoms with Gasteiger partial charge in [-0.05, 0) is 41.5 Å². The second kappa shape index (κ2) is 8.10. The van der Waals surface area contributed by atoms with E-state index in [0.717, 1.165) is 0 Å². The van der Waals surface area contributed by atoms with E-state index in [4.69, 9.17) is 18.9 Å². The van der Waals surface area contributed by atoms with Crippen LogP contribution in [0.1, 0.15) is 11.1 Å². The zero-order valence-electron chi connectivity index (χ0n) is 14.5. The molecule has 0 bridgehead atoms. The zero-order valence-corrected chi connectivity index (χ0v) is 14.5. The Kier molecular flexibility index (Phi) is 5.89. The third-order valence-electron chi connectivity index (χ3n) is 3.63. The Balaban J connectivity index is 2.54. The second-order valence-corrected chi connectivity index (χ2v) is 5.05. The Morgan fingerprint density at radius 3 is 1.84 bits per heavy atom. The minimum absolute atomic E-state index is 0.136. The number of carboxylic acid groups (broad SMARTS) is 1. The van der Waals surface area contributed by atoms with Gasteiger partial charge in [0.1, 0.15) is 5.75 Å². The summed E-state index contributed by atoms with van der Waals surface area (Å²) in [5, 5.41) is 9.58. The number of carboxylic acids is 1. The number of ether oxygens (including phenoxy) is 4. The Labute approximate surface area is 146 Å². The van der Waals surface area contributed by atoms with E-state index in [1.807, 2.05) is 0 Å². The van der Waals surface area contributed by atoms with Gasteiger partial charge in [0.05, 0.1) is 34.0 Å². The number of aliphatic carboxylic acids is 1. The predicted octanol–water partition coefficient (Wildman–Crippen LogP) is 3.35. The lowest BCUT2D eigenvalue weighted by Crippen LogP contribution is -2.00. The molecular formula is C19H20O6. The molecule has 1 N–H and O–H groups in total. The van der Waals surface area contributed by atoms with Crippen LogP contribution in [0.4, 0.5) is 0 Å². The summed E-state index contributed by atoms with van der Waals surface area (Å²) in [5.74, 6) is 0.962. The maximum atomic E-state index is 11.7. The van der Waals surface area contributed by atoms with E-state index < -0.39 is 5.97 Å². The van der Waals surface area contributed by atoms with Crippen molar-refractivity contribution in [2.75, 3.05) is 28.4 Å². The van der Waals surface area contributed by atoms with Crippen LogP contribution in [0.25, 0.3) is 11.6 Å². The minimum Gasteiger partial charge on any atom is -0.497 e. The Morgan fingerprint density at radius 1 is 0.880 bits per heavy atom. The SMILES string of the molecule is COc1ccc(/C(=C/c2cc(OC)c(OC)c(OC)c2)C(=O)O)cc1. The summed E-state index contributed by atoms with van der Waals surface area (Å²) < 4.78 is 21.0. The first-order valence-corrected chi connectivity index (χ1v) is 7.43. The van der Waals surface area contributed by atoms with Crippen molar-refractivity contribution in [2.45, 2.75) is 0 Å². The first-order valence-electron chi connectivity index (χ1n) is 7.43. The van der Waals surface area contributed by atoms with Crippen molar-refractivity contribution >= 4 is 17.6 Å². The molecule has 0 heterocycles. The summed E-state index contributed by atoms with van der Waals surface area (Å²) in [7, 11) is 6.08. The normalized spacial score (nSPS) is 11.0. The summed E-state index contributed by atoms with van der Waals surface area (Å²) >= 11 is 0. The lowest BCUT2D eigenvalue weighted by atomic mass is 10.0. The van der Waals surface area contributed by atoms with Gasteiger partial charge in [-0.1, -0.05) is 12.1 Å². The molecule has 0 atom stereocenters. The van der Waals surface area contributed by atoms with Crippen LogP contribution < -0.4 is 18.9 Å². The molecule has 0 saturated heterocycles. The van der Waals surface area contributed by atoms with Gasteiger partial charge in [0.15, 0.2) is 11.5 Å². The monoisotopic (exact) mass is 344 g/mol. The molecule has 0 unspecified atom stereocenters. The minimum atomic E-state index is -1.04. The van der Waals surface area contributed by atoms with Crippen LogP contribution in [0, 0.1) is 0 Å². The van der Waals surface area contributed by atoms with Gasteiger partial charge >= 0.3 is 5.97 Å². The van der Waals surface area contributed by atoms with E-state index in [1.165, 1.54) is 21.3 Å². The van der Waals surface area contributed by atoms with Gasteiger partial charge in [0.2, 0.25) is 5.75 Å². The Morgan fingerprint density at radius 2 is 1.44 bits per heavy atom. The van der Waals surface area contributed by atoms with E-state index in [9.17, 15) is 9.90 Å². The number of benzene rings is 2. The quantitative estimate of drug-likeness (QED) is 0.613. The van der Waals surface area contributed by atoms with Crippen molar-refractivity contribution < 1.29 is 28.8 Å². The fourth-order valence-corrected chi connectivity index (χ4v) is 2.39. The fraction of sp³-hybridized carbons (Fsp3) is 0.211. The van der Waals surface area contributed by atoms with Crippen LogP contribution in [-0.4, -0.2) is 39.5 Å². The predicted molar refractivity (Wildman–Crippen MR) is 94.6 cm³/mol. The number of methoxy groups -OCH3 is 4. The van der Waals surface area contributed by atoms with Crippen molar-refractivity contribution in [3.05, 3.63) is 47.5 Å². The van der Waals surface area contributed by atoms with Gasteiger partial charge in [-0.15, -0.1) is 0 Å². The van der Waals surface area contributed by atoms with Crippen LogP contribution in [0.5, 0.6) is 23.0 Å². The highest BCUT2D eigenvalue weighted by Gasteiger charge is 2.15. The molecule has 0 aromatic heterocycles. The lowest BCUT2D eigenvalue weighted by molar-refractivity contribution is -0.130. The van der Waals surface area contributed by atoms with Crippen molar-refractivity contribution in [3.63, 3.8) is 0 Å². The summed E-state index contributed by atoms with van der Waals surface area (Å²) in [5.41, 5.74) is 1.31. The number of rotatable bonds is 7. The zero-order chi connectivity index (χ0) is 18.4. The van der Waals surface area contributed by atoms with Crippen molar-refractivity contribution in [1.29, 1.82) is 0 Å². The summed E-state index contributed by atoms with van der Waals surface area (Å²) in [6.07, 6.45) is 1.55. The largest absolute Gasteiger partial charge is 0.497 e.